The number of ether oxygens (including phenoxy) is 1. The fraction of sp³-hybridized carbons (Fsp3) is 0.375. The highest BCUT2D eigenvalue weighted by Gasteiger charge is 2.19. The molecule has 1 atom stereocenters. The van der Waals surface area contributed by atoms with E-state index in [0.29, 0.717) is 18.0 Å². The Labute approximate surface area is 140 Å². The minimum Gasteiger partial charge on any atom is -0.497 e. The van der Waals surface area contributed by atoms with E-state index in [0.717, 1.165) is 16.9 Å². The summed E-state index contributed by atoms with van der Waals surface area (Å²) in [4.78, 5) is 12.3. The molecule has 0 aliphatic carbocycles. The van der Waals surface area contributed by atoms with Crippen LogP contribution in [0.1, 0.15) is 17.2 Å². The van der Waals surface area contributed by atoms with Gasteiger partial charge in [0.05, 0.1) is 13.3 Å². The van der Waals surface area contributed by atoms with Gasteiger partial charge in [-0.3, -0.25) is 9.48 Å². The first-order valence-corrected chi connectivity index (χ1v) is 7.69. The normalized spacial score (nSPS) is 12.0. The van der Waals surface area contributed by atoms with Crippen LogP contribution in [0.4, 0.5) is 0 Å². The Kier molecular flexibility index (Phi) is 6.01. The number of carbonyl (C=O) groups excluding carboxylic acids is 1. The first-order valence-electron chi connectivity index (χ1n) is 7.31. The lowest BCUT2D eigenvalue weighted by atomic mass is 10.1. The van der Waals surface area contributed by atoms with Crippen molar-refractivity contribution in [2.75, 3.05) is 20.7 Å². The number of nitrogens with zero attached hydrogens (tertiary/aromatic N) is 2. The molecule has 23 heavy (non-hydrogen) atoms. The van der Waals surface area contributed by atoms with E-state index in [1.165, 1.54) is 0 Å². The highest BCUT2D eigenvalue weighted by Crippen LogP contribution is 2.22. The summed E-state index contributed by atoms with van der Waals surface area (Å²) in [6.45, 7) is 0.503. The molecule has 0 saturated heterocycles. The molecule has 0 saturated carbocycles. The van der Waals surface area contributed by atoms with E-state index in [1.54, 1.807) is 31.1 Å². The van der Waals surface area contributed by atoms with Crippen molar-refractivity contribution in [1.29, 1.82) is 0 Å². The molecule has 2 aromatic rings. The van der Waals surface area contributed by atoms with E-state index in [2.05, 4.69) is 15.7 Å². The Morgan fingerprint density at radius 3 is 2.83 bits per heavy atom. The summed E-state index contributed by atoms with van der Waals surface area (Å²) in [5.41, 5.74) is 1.80. The van der Waals surface area contributed by atoms with E-state index >= 15 is 0 Å². The molecule has 2 N–H and O–H groups in total. The van der Waals surface area contributed by atoms with Gasteiger partial charge in [0, 0.05) is 30.4 Å². The number of benzene rings is 1. The van der Waals surface area contributed by atoms with Crippen LogP contribution in [0, 0.1) is 0 Å². The van der Waals surface area contributed by atoms with Crippen molar-refractivity contribution in [1.82, 2.24) is 20.4 Å². The van der Waals surface area contributed by atoms with Gasteiger partial charge in [0.2, 0.25) is 5.91 Å². The summed E-state index contributed by atoms with van der Waals surface area (Å²) in [5.74, 6) is 0.625. The molecule has 0 radical (unpaired) electrons. The molecule has 1 heterocycles. The van der Waals surface area contributed by atoms with Crippen molar-refractivity contribution in [3.63, 3.8) is 0 Å². The van der Waals surface area contributed by atoms with Crippen LogP contribution in [0.5, 0.6) is 5.75 Å². The lowest BCUT2D eigenvalue weighted by molar-refractivity contribution is -0.123. The highest BCUT2D eigenvalue weighted by molar-refractivity contribution is 6.31. The van der Waals surface area contributed by atoms with Crippen LogP contribution in [-0.4, -0.2) is 36.4 Å². The van der Waals surface area contributed by atoms with Gasteiger partial charge in [0.15, 0.2) is 0 Å². The summed E-state index contributed by atoms with van der Waals surface area (Å²) in [5, 5.41) is 10.6. The molecule has 0 bridgehead atoms. The summed E-state index contributed by atoms with van der Waals surface area (Å²) < 4.78 is 6.79. The van der Waals surface area contributed by atoms with Crippen LogP contribution in [-0.2, 0) is 18.3 Å². The first kappa shape index (κ1) is 17.3. The second kappa shape index (κ2) is 7.99. The predicted molar refractivity (Wildman–Crippen MR) is 89.7 cm³/mol. The average molecular weight is 337 g/mol. The Bertz CT molecular complexity index is 672. The number of hydrogen-bond donors (Lipinski definition) is 2. The maximum Gasteiger partial charge on any atom is 0.241 e. The van der Waals surface area contributed by atoms with Crippen molar-refractivity contribution in [2.45, 2.75) is 12.5 Å². The zero-order valence-corrected chi connectivity index (χ0v) is 14.2. The number of likely N-dealkylation sites (N-methyl/N-ethyl adjacent to an activating group) is 1. The van der Waals surface area contributed by atoms with Crippen molar-refractivity contribution in [2.24, 2.45) is 7.05 Å². The Balaban J connectivity index is 1.91. The Morgan fingerprint density at radius 1 is 1.48 bits per heavy atom. The quantitative estimate of drug-likeness (QED) is 0.807. The molecule has 0 fully saturated rings. The fourth-order valence-corrected chi connectivity index (χ4v) is 2.58. The van der Waals surface area contributed by atoms with Crippen molar-refractivity contribution >= 4 is 17.5 Å². The van der Waals surface area contributed by atoms with Crippen LogP contribution in [0.2, 0.25) is 5.02 Å². The number of aromatic nitrogens is 2. The van der Waals surface area contributed by atoms with Gasteiger partial charge in [-0.1, -0.05) is 17.7 Å². The van der Waals surface area contributed by atoms with Gasteiger partial charge in [0.25, 0.3) is 0 Å². The van der Waals surface area contributed by atoms with Crippen LogP contribution in [0.3, 0.4) is 0 Å². The summed E-state index contributed by atoms with van der Waals surface area (Å²) in [6, 6.07) is 5.11. The van der Waals surface area contributed by atoms with Gasteiger partial charge in [-0.05, 0) is 31.2 Å². The molecular weight excluding hydrogens is 316 g/mol. The van der Waals surface area contributed by atoms with Crippen molar-refractivity contribution in [3.05, 3.63) is 46.7 Å². The number of methoxy groups -OCH3 is 1. The molecule has 7 heteroatoms. The Hall–Kier alpha value is -2.05. The molecular formula is C16H21ClN4O2. The second-order valence-corrected chi connectivity index (χ2v) is 5.57. The van der Waals surface area contributed by atoms with Crippen molar-refractivity contribution < 1.29 is 9.53 Å². The lowest BCUT2D eigenvalue weighted by Gasteiger charge is -2.15. The van der Waals surface area contributed by atoms with Gasteiger partial charge in [-0.25, -0.2) is 0 Å². The topological polar surface area (TPSA) is 68.2 Å². The standard InChI is InChI=1S/C16H21ClN4O2/c1-18-15(12-9-20-21(2)10-12)16(22)19-7-6-11-4-5-13(23-3)8-14(11)17/h4-5,8-10,15,18H,6-7H2,1-3H3,(H,19,22). The van der Waals surface area contributed by atoms with Crippen LogP contribution < -0.4 is 15.4 Å². The van der Waals surface area contributed by atoms with Gasteiger partial charge >= 0.3 is 0 Å². The molecule has 0 aliphatic rings. The third kappa shape index (κ3) is 4.46. The fourth-order valence-electron chi connectivity index (χ4n) is 2.32. The number of aryl methyl sites for hydroxylation is 1. The molecule has 1 aromatic heterocycles. The lowest BCUT2D eigenvalue weighted by Crippen LogP contribution is -2.36. The van der Waals surface area contributed by atoms with Gasteiger partial charge in [-0.15, -0.1) is 0 Å². The van der Waals surface area contributed by atoms with E-state index in [-0.39, 0.29) is 5.91 Å². The van der Waals surface area contributed by atoms with Crippen LogP contribution in [0.15, 0.2) is 30.6 Å². The molecule has 0 spiro atoms. The monoisotopic (exact) mass is 336 g/mol. The number of carbonyl (C=O) groups is 1. The first-order chi connectivity index (χ1) is 11.0. The smallest absolute Gasteiger partial charge is 0.241 e. The second-order valence-electron chi connectivity index (χ2n) is 5.17. The molecule has 6 nitrogen and oxygen atoms in total. The van der Waals surface area contributed by atoms with E-state index in [1.807, 2.05) is 25.4 Å². The minimum atomic E-state index is -0.421. The highest BCUT2D eigenvalue weighted by atomic mass is 35.5. The molecule has 2 rings (SSSR count). The molecule has 1 aromatic carbocycles. The maximum atomic E-state index is 12.3. The summed E-state index contributed by atoms with van der Waals surface area (Å²) in [7, 11) is 5.17. The van der Waals surface area contributed by atoms with Crippen molar-refractivity contribution in [3.8, 4) is 5.75 Å². The molecule has 1 amide bonds. The number of amides is 1. The maximum absolute atomic E-state index is 12.3. The number of rotatable bonds is 7. The van der Waals surface area contributed by atoms with Crippen LogP contribution >= 0.6 is 11.6 Å². The van der Waals surface area contributed by atoms with E-state index < -0.39 is 6.04 Å². The van der Waals surface area contributed by atoms with Gasteiger partial charge in [-0.2, -0.15) is 5.10 Å². The zero-order valence-electron chi connectivity index (χ0n) is 13.5. The largest absolute Gasteiger partial charge is 0.497 e. The molecule has 0 aliphatic heterocycles. The molecule has 1 unspecified atom stereocenters. The average Bonchev–Trinajstić information content (AvgIpc) is 2.95. The predicted octanol–water partition coefficient (Wildman–Crippen LogP) is 1.70. The van der Waals surface area contributed by atoms with E-state index in [9.17, 15) is 4.79 Å². The third-order valence-electron chi connectivity index (χ3n) is 3.56. The number of halogens is 1. The van der Waals surface area contributed by atoms with E-state index in [4.69, 9.17) is 16.3 Å². The molecule has 124 valence electrons. The van der Waals surface area contributed by atoms with Gasteiger partial charge in [0.1, 0.15) is 11.8 Å². The number of nitrogens with one attached hydrogen (secondary N) is 2. The van der Waals surface area contributed by atoms with Gasteiger partial charge < -0.3 is 15.4 Å². The minimum absolute atomic E-state index is 0.0925. The van der Waals surface area contributed by atoms with Crippen LogP contribution in [0.25, 0.3) is 0 Å². The summed E-state index contributed by atoms with van der Waals surface area (Å²) in [6.07, 6.45) is 4.15. The zero-order chi connectivity index (χ0) is 16.8. The number of hydrogen-bond acceptors (Lipinski definition) is 4. The SMILES string of the molecule is CNC(C(=O)NCCc1ccc(OC)cc1Cl)c1cnn(C)c1. The summed E-state index contributed by atoms with van der Waals surface area (Å²) >= 11 is 6.20. The third-order valence-corrected chi connectivity index (χ3v) is 3.91. The Morgan fingerprint density at radius 2 is 2.26 bits per heavy atom.